The van der Waals surface area contributed by atoms with E-state index >= 15 is 0 Å². The monoisotopic (exact) mass is 454 g/mol. The fraction of sp³-hybridized carbons (Fsp3) is 0.481. The minimum atomic E-state index is -1.20. The summed E-state index contributed by atoms with van der Waals surface area (Å²) in [6.45, 7) is 25.3. The molecule has 0 amide bonds. The van der Waals surface area contributed by atoms with Crippen LogP contribution < -0.4 is 0 Å². The molecule has 0 spiro atoms. The van der Waals surface area contributed by atoms with Crippen molar-refractivity contribution in [2.24, 2.45) is 17.8 Å². The van der Waals surface area contributed by atoms with Gasteiger partial charge in [0.25, 0.3) is 0 Å². The van der Waals surface area contributed by atoms with Crippen LogP contribution in [0.25, 0.3) is 0 Å². The van der Waals surface area contributed by atoms with Crippen LogP contribution in [-0.4, -0.2) is 6.61 Å². The van der Waals surface area contributed by atoms with E-state index in [1.165, 1.54) is 0 Å². The molecular formula is C27H38F4O. The number of hydrogen-bond acceptors (Lipinski definition) is 1. The molecule has 0 saturated heterocycles. The predicted octanol–water partition coefficient (Wildman–Crippen LogP) is 9.55. The van der Waals surface area contributed by atoms with Gasteiger partial charge in [-0.15, -0.1) is 0 Å². The van der Waals surface area contributed by atoms with Crippen molar-refractivity contribution < 1.29 is 22.3 Å². The molecule has 1 nitrogen and oxygen atoms in total. The normalized spacial score (nSPS) is 15.5. The molecule has 180 valence electrons. The molecule has 0 rings (SSSR count). The summed E-state index contributed by atoms with van der Waals surface area (Å²) in [7, 11) is 0. The van der Waals surface area contributed by atoms with Gasteiger partial charge in [0.2, 0.25) is 0 Å². The maximum absolute atomic E-state index is 14.7. The highest BCUT2D eigenvalue weighted by Crippen LogP contribution is 2.33. The van der Waals surface area contributed by atoms with Gasteiger partial charge in [0.1, 0.15) is 0 Å². The van der Waals surface area contributed by atoms with Crippen molar-refractivity contribution in [3.05, 3.63) is 83.8 Å². The Morgan fingerprint density at radius 2 is 1.28 bits per heavy atom. The number of rotatable bonds is 14. The lowest BCUT2D eigenvalue weighted by atomic mass is 9.91. The molecule has 0 radical (unpaired) electrons. The van der Waals surface area contributed by atoms with E-state index in [0.717, 1.165) is 6.42 Å². The number of halogens is 4. The van der Waals surface area contributed by atoms with Crippen molar-refractivity contribution >= 4 is 0 Å². The first-order chi connectivity index (χ1) is 14.8. The van der Waals surface area contributed by atoms with E-state index in [9.17, 15) is 17.6 Å². The van der Waals surface area contributed by atoms with Crippen LogP contribution in [0.2, 0.25) is 0 Å². The van der Waals surface area contributed by atoms with E-state index in [1.807, 2.05) is 6.92 Å². The van der Waals surface area contributed by atoms with Crippen LogP contribution in [0.3, 0.4) is 0 Å². The fourth-order valence-electron chi connectivity index (χ4n) is 2.76. The molecule has 0 aromatic carbocycles. The minimum absolute atomic E-state index is 0.0763. The fourth-order valence-corrected chi connectivity index (χ4v) is 2.76. The van der Waals surface area contributed by atoms with Crippen LogP contribution in [0, 0.1) is 17.8 Å². The van der Waals surface area contributed by atoms with E-state index in [1.54, 1.807) is 26.8 Å². The van der Waals surface area contributed by atoms with Gasteiger partial charge < -0.3 is 4.74 Å². The van der Waals surface area contributed by atoms with Crippen molar-refractivity contribution in [2.45, 2.75) is 60.8 Å². The molecule has 0 heterocycles. The van der Waals surface area contributed by atoms with E-state index in [4.69, 9.17) is 4.74 Å². The quantitative estimate of drug-likeness (QED) is 0.144. The third-order valence-corrected chi connectivity index (χ3v) is 5.40. The third-order valence-electron chi connectivity index (χ3n) is 5.40. The second-order valence-corrected chi connectivity index (χ2v) is 8.54. The summed E-state index contributed by atoms with van der Waals surface area (Å²) in [4.78, 5) is 0. The van der Waals surface area contributed by atoms with Crippen LogP contribution >= 0.6 is 0 Å². The molecule has 0 fully saturated rings. The second kappa shape index (κ2) is 14.0. The topological polar surface area (TPSA) is 9.23 Å². The van der Waals surface area contributed by atoms with Gasteiger partial charge >= 0.3 is 0 Å². The molecule has 5 heteroatoms. The van der Waals surface area contributed by atoms with Crippen molar-refractivity contribution in [2.75, 3.05) is 6.61 Å². The molecule has 32 heavy (non-hydrogen) atoms. The Kier molecular flexibility index (Phi) is 13.0. The summed E-state index contributed by atoms with van der Waals surface area (Å²) in [5.41, 5.74) is 0.316. The van der Waals surface area contributed by atoms with Gasteiger partial charge in [0, 0.05) is 5.57 Å². The maximum atomic E-state index is 14.7. The summed E-state index contributed by atoms with van der Waals surface area (Å²) in [5.74, 6) is -5.02. The molecule has 0 aliphatic heterocycles. The van der Waals surface area contributed by atoms with E-state index in [2.05, 4.69) is 40.2 Å². The molecular weight excluding hydrogens is 416 g/mol. The molecule has 0 aromatic rings. The molecule has 0 aliphatic rings. The van der Waals surface area contributed by atoms with Gasteiger partial charge in [0.15, 0.2) is 29.1 Å². The summed E-state index contributed by atoms with van der Waals surface area (Å²) >= 11 is 0. The molecule has 0 bridgehead atoms. The summed E-state index contributed by atoms with van der Waals surface area (Å²) in [6.07, 6.45) is 3.43. The highest BCUT2D eigenvalue weighted by molar-refractivity contribution is 5.45. The van der Waals surface area contributed by atoms with Gasteiger partial charge in [-0.1, -0.05) is 66.5 Å². The lowest BCUT2D eigenvalue weighted by Crippen LogP contribution is -2.04. The van der Waals surface area contributed by atoms with Crippen molar-refractivity contribution in [3.8, 4) is 0 Å². The van der Waals surface area contributed by atoms with E-state index < -0.39 is 35.0 Å². The zero-order valence-corrected chi connectivity index (χ0v) is 20.4. The van der Waals surface area contributed by atoms with Gasteiger partial charge in [0.05, 0.1) is 6.61 Å². The van der Waals surface area contributed by atoms with Crippen LogP contribution in [-0.2, 0) is 4.74 Å². The number of ether oxygens (including phenoxy) is 1. The van der Waals surface area contributed by atoms with Gasteiger partial charge in [-0.2, -0.15) is 4.39 Å². The highest BCUT2D eigenvalue weighted by atomic mass is 19.2. The van der Waals surface area contributed by atoms with Crippen LogP contribution in [0.5, 0.6) is 0 Å². The Bertz CT molecular complexity index is 812. The van der Waals surface area contributed by atoms with E-state index in [-0.39, 0.29) is 35.7 Å². The van der Waals surface area contributed by atoms with Crippen molar-refractivity contribution in [1.29, 1.82) is 0 Å². The first-order valence-electron chi connectivity index (χ1n) is 10.9. The van der Waals surface area contributed by atoms with Gasteiger partial charge in [-0.05, 0) is 61.2 Å². The average molecular weight is 455 g/mol. The Morgan fingerprint density at radius 3 is 1.78 bits per heavy atom. The van der Waals surface area contributed by atoms with Crippen LogP contribution in [0.1, 0.15) is 60.8 Å². The standard InChI is InChI=1S/C27H38F4O/c1-11-32-23(10)27(31)26(30)22(9)19(6)15-14-18(5)21(8)25(29)24(28)20(7)17(4)13-12-16(2)3/h14,16-17,19H,7-13,15H2,1-6H3/b18-14+,25-24-,27-26-. The van der Waals surface area contributed by atoms with Gasteiger partial charge in [-0.3, -0.25) is 0 Å². The molecule has 0 aliphatic carbocycles. The molecule has 2 unspecified atom stereocenters. The van der Waals surface area contributed by atoms with Gasteiger partial charge in [-0.25, -0.2) is 13.2 Å². The molecule has 0 N–H and O–H groups in total. The Labute approximate surface area is 191 Å². The lowest BCUT2D eigenvalue weighted by molar-refractivity contribution is 0.223. The maximum Gasteiger partial charge on any atom is 0.200 e. The Morgan fingerprint density at radius 1 is 0.781 bits per heavy atom. The summed E-state index contributed by atoms with van der Waals surface area (Å²) in [5, 5.41) is 0. The smallest absolute Gasteiger partial charge is 0.200 e. The molecule has 0 aromatic heterocycles. The summed E-state index contributed by atoms with van der Waals surface area (Å²) in [6, 6.07) is 0. The van der Waals surface area contributed by atoms with E-state index in [0.29, 0.717) is 17.9 Å². The first-order valence-corrected chi connectivity index (χ1v) is 10.9. The molecule has 2 atom stereocenters. The van der Waals surface area contributed by atoms with Crippen LogP contribution in [0.4, 0.5) is 17.6 Å². The number of hydrogen-bond donors (Lipinski definition) is 0. The zero-order chi connectivity index (χ0) is 25.2. The number of allylic oxidation sites excluding steroid dienone is 9. The van der Waals surface area contributed by atoms with Crippen molar-refractivity contribution in [1.82, 2.24) is 0 Å². The largest absolute Gasteiger partial charge is 0.491 e. The highest BCUT2D eigenvalue weighted by Gasteiger charge is 2.20. The zero-order valence-electron chi connectivity index (χ0n) is 20.4. The minimum Gasteiger partial charge on any atom is -0.491 e. The Balaban J connectivity index is 5.32. The van der Waals surface area contributed by atoms with Crippen molar-refractivity contribution in [3.63, 3.8) is 0 Å². The Hall–Kier alpha value is -2.30. The third kappa shape index (κ3) is 9.05. The lowest BCUT2D eigenvalue weighted by Gasteiger charge is -2.16. The second-order valence-electron chi connectivity index (χ2n) is 8.54. The summed E-state index contributed by atoms with van der Waals surface area (Å²) < 4.78 is 62.5. The molecule has 0 saturated carbocycles. The predicted molar refractivity (Wildman–Crippen MR) is 127 cm³/mol. The van der Waals surface area contributed by atoms with Crippen LogP contribution in [0.15, 0.2) is 83.8 Å². The SMILES string of the molecule is C=C(OCC)/C(F)=C(/F)C(=C)C(C)C/C=C(\C)C(=C)/C(F)=C(/F)C(=C)C(C)CCC(C)C. The first kappa shape index (κ1) is 29.7. The average Bonchev–Trinajstić information content (AvgIpc) is 2.76.